The van der Waals surface area contributed by atoms with Crippen LogP contribution in [0, 0.1) is 6.92 Å². The fourth-order valence-electron chi connectivity index (χ4n) is 3.62. The summed E-state index contributed by atoms with van der Waals surface area (Å²) >= 11 is 0. The molecule has 0 fully saturated rings. The van der Waals surface area contributed by atoms with Gasteiger partial charge in [0.25, 0.3) is 11.1 Å². The average molecular weight is 326 g/mol. The topological polar surface area (TPSA) is 65.7 Å². The van der Waals surface area contributed by atoms with Crippen LogP contribution in [0.15, 0.2) is 64.2 Å². The summed E-state index contributed by atoms with van der Waals surface area (Å²) in [7, 11) is 0. The number of aromatic nitrogens is 2. The maximum Gasteiger partial charge on any atom is 0.256 e. The van der Waals surface area contributed by atoms with E-state index in [9.17, 15) is 9.59 Å². The summed E-state index contributed by atoms with van der Waals surface area (Å²) in [4.78, 5) is 31.1. The van der Waals surface area contributed by atoms with Crippen molar-refractivity contribution in [2.75, 3.05) is 0 Å². The van der Waals surface area contributed by atoms with Crippen molar-refractivity contribution < 1.29 is 0 Å². The summed E-state index contributed by atoms with van der Waals surface area (Å²) in [6, 6.07) is 17.2. The molecule has 0 aliphatic rings. The van der Waals surface area contributed by atoms with E-state index in [2.05, 4.69) is 9.97 Å². The number of H-pyrrole nitrogens is 2. The Hall–Kier alpha value is -3.40. The van der Waals surface area contributed by atoms with Crippen LogP contribution in [0.25, 0.3) is 43.4 Å². The van der Waals surface area contributed by atoms with Crippen molar-refractivity contribution in [2.24, 2.45) is 0 Å². The van der Waals surface area contributed by atoms with Gasteiger partial charge in [-0.25, -0.2) is 0 Å². The molecule has 2 aromatic heterocycles. The van der Waals surface area contributed by atoms with E-state index >= 15 is 0 Å². The van der Waals surface area contributed by atoms with Crippen LogP contribution >= 0.6 is 0 Å². The molecule has 0 saturated carbocycles. The Kier molecular flexibility index (Phi) is 2.69. The van der Waals surface area contributed by atoms with Gasteiger partial charge in [-0.1, -0.05) is 29.8 Å². The van der Waals surface area contributed by atoms with Crippen LogP contribution in [0.2, 0.25) is 0 Å². The van der Waals surface area contributed by atoms with Gasteiger partial charge in [0.05, 0.1) is 0 Å². The zero-order chi connectivity index (χ0) is 17.1. The predicted molar refractivity (Wildman–Crippen MR) is 102 cm³/mol. The quantitative estimate of drug-likeness (QED) is 0.334. The van der Waals surface area contributed by atoms with Gasteiger partial charge in [-0.15, -0.1) is 0 Å². The van der Waals surface area contributed by atoms with Gasteiger partial charge in [-0.2, -0.15) is 0 Å². The third kappa shape index (κ3) is 1.94. The molecule has 2 N–H and O–H groups in total. The standard InChI is InChI=1S/C21H14N2O2/c1-11-6-7-19-15(8-11)14-10-16-13(9-17(14)21(25)23-19)12-4-2-3-5-18(12)22-20(16)24/h2-10H,1H3,(H,22,24)(H,23,25). The number of para-hydroxylation sites is 1. The number of hydrogen-bond acceptors (Lipinski definition) is 2. The fraction of sp³-hybridized carbons (Fsp3) is 0.0476. The SMILES string of the molecule is Cc1ccc2[nH]c(=O)c3cc4c(cc3c2c1)c(=O)[nH]c1ccccc14. The molecule has 0 aliphatic heterocycles. The van der Waals surface area contributed by atoms with E-state index in [1.165, 1.54) is 0 Å². The highest BCUT2D eigenvalue weighted by atomic mass is 16.1. The smallest absolute Gasteiger partial charge is 0.256 e. The molecule has 0 spiro atoms. The van der Waals surface area contributed by atoms with Gasteiger partial charge in [0.15, 0.2) is 0 Å². The average Bonchev–Trinajstić information content (AvgIpc) is 2.62. The van der Waals surface area contributed by atoms with Crippen molar-refractivity contribution in [3.63, 3.8) is 0 Å². The van der Waals surface area contributed by atoms with Gasteiger partial charge >= 0.3 is 0 Å². The third-order valence-corrected chi connectivity index (χ3v) is 4.83. The van der Waals surface area contributed by atoms with Gasteiger partial charge in [0, 0.05) is 32.6 Å². The van der Waals surface area contributed by atoms with E-state index in [0.29, 0.717) is 10.8 Å². The maximum atomic E-state index is 12.6. The van der Waals surface area contributed by atoms with E-state index in [1.54, 1.807) is 0 Å². The van der Waals surface area contributed by atoms with Gasteiger partial charge < -0.3 is 9.97 Å². The second kappa shape index (κ2) is 4.80. The van der Waals surface area contributed by atoms with Crippen molar-refractivity contribution in [3.05, 3.63) is 80.9 Å². The Labute approximate surface area is 141 Å². The van der Waals surface area contributed by atoms with Crippen LogP contribution in [-0.4, -0.2) is 9.97 Å². The highest BCUT2D eigenvalue weighted by Crippen LogP contribution is 2.28. The molecule has 0 bridgehead atoms. The lowest BCUT2D eigenvalue weighted by Gasteiger charge is -2.08. The first kappa shape index (κ1) is 14.0. The van der Waals surface area contributed by atoms with Crippen LogP contribution in [-0.2, 0) is 0 Å². The van der Waals surface area contributed by atoms with Gasteiger partial charge in [-0.3, -0.25) is 9.59 Å². The fourth-order valence-corrected chi connectivity index (χ4v) is 3.62. The lowest BCUT2D eigenvalue weighted by Crippen LogP contribution is -2.10. The Morgan fingerprint density at radius 3 is 1.92 bits per heavy atom. The zero-order valence-electron chi connectivity index (χ0n) is 13.5. The first-order valence-corrected chi connectivity index (χ1v) is 8.13. The Balaban J connectivity index is 2.11. The number of aromatic amines is 2. The molecule has 0 unspecified atom stereocenters. The monoisotopic (exact) mass is 326 g/mol. The van der Waals surface area contributed by atoms with E-state index < -0.39 is 0 Å². The molecule has 0 amide bonds. The van der Waals surface area contributed by atoms with Crippen molar-refractivity contribution >= 4 is 43.4 Å². The lowest BCUT2D eigenvalue weighted by atomic mass is 9.99. The minimum Gasteiger partial charge on any atom is -0.321 e. The molecule has 4 heteroatoms. The predicted octanol–water partition coefficient (Wildman–Crippen LogP) is 3.98. The molecule has 0 radical (unpaired) electrons. The number of nitrogens with one attached hydrogen (secondary N) is 2. The van der Waals surface area contributed by atoms with Crippen molar-refractivity contribution in [3.8, 4) is 0 Å². The number of aryl methyl sites for hydroxylation is 1. The van der Waals surface area contributed by atoms with Crippen LogP contribution < -0.4 is 11.1 Å². The molecule has 2 heterocycles. The van der Waals surface area contributed by atoms with Gasteiger partial charge in [-0.05, 0) is 48.0 Å². The van der Waals surface area contributed by atoms with E-state index in [1.807, 2.05) is 61.5 Å². The Morgan fingerprint density at radius 2 is 1.20 bits per heavy atom. The van der Waals surface area contributed by atoms with E-state index in [0.717, 1.165) is 38.1 Å². The molecule has 5 aromatic rings. The van der Waals surface area contributed by atoms with E-state index in [-0.39, 0.29) is 11.1 Å². The van der Waals surface area contributed by atoms with Gasteiger partial charge in [0.1, 0.15) is 0 Å². The molecule has 25 heavy (non-hydrogen) atoms. The third-order valence-electron chi connectivity index (χ3n) is 4.83. The summed E-state index contributed by atoms with van der Waals surface area (Å²) < 4.78 is 0. The highest BCUT2D eigenvalue weighted by Gasteiger charge is 2.11. The highest BCUT2D eigenvalue weighted by molar-refractivity contribution is 6.15. The van der Waals surface area contributed by atoms with Gasteiger partial charge in [0.2, 0.25) is 0 Å². The zero-order valence-corrected chi connectivity index (χ0v) is 13.5. The summed E-state index contributed by atoms with van der Waals surface area (Å²) in [6.07, 6.45) is 0. The molecular weight excluding hydrogens is 312 g/mol. The molecule has 5 rings (SSSR count). The number of benzene rings is 3. The van der Waals surface area contributed by atoms with E-state index in [4.69, 9.17) is 0 Å². The lowest BCUT2D eigenvalue weighted by molar-refractivity contribution is 1.33. The van der Waals surface area contributed by atoms with Crippen LogP contribution in [0.3, 0.4) is 0 Å². The molecule has 0 atom stereocenters. The van der Waals surface area contributed by atoms with Crippen molar-refractivity contribution in [2.45, 2.75) is 6.92 Å². The molecular formula is C21H14N2O2. The maximum absolute atomic E-state index is 12.6. The molecule has 120 valence electrons. The summed E-state index contributed by atoms with van der Waals surface area (Å²) in [5.41, 5.74) is 2.37. The largest absolute Gasteiger partial charge is 0.321 e. The molecule has 0 aliphatic carbocycles. The van der Waals surface area contributed by atoms with Crippen LogP contribution in [0.5, 0.6) is 0 Å². The first-order valence-electron chi connectivity index (χ1n) is 8.13. The second-order valence-corrected chi connectivity index (χ2v) is 6.45. The first-order chi connectivity index (χ1) is 12.1. The summed E-state index contributed by atoms with van der Waals surface area (Å²) in [6.45, 7) is 2.01. The summed E-state index contributed by atoms with van der Waals surface area (Å²) in [5, 5.41) is 4.67. The minimum atomic E-state index is -0.142. The number of pyridine rings is 2. The molecule has 4 nitrogen and oxygen atoms in total. The normalized spacial score (nSPS) is 11.7. The van der Waals surface area contributed by atoms with Crippen LogP contribution in [0.1, 0.15) is 5.56 Å². The second-order valence-electron chi connectivity index (χ2n) is 6.45. The number of hydrogen-bond donors (Lipinski definition) is 2. The minimum absolute atomic E-state index is 0.141. The molecule has 3 aromatic carbocycles. The number of fused-ring (bicyclic) bond motifs is 6. The van der Waals surface area contributed by atoms with Crippen molar-refractivity contribution in [1.29, 1.82) is 0 Å². The van der Waals surface area contributed by atoms with Crippen LogP contribution in [0.4, 0.5) is 0 Å². The Morgan fingerprint density at radius 1 is 0.600 bits per heavy atom. The number of rotatable bonds is 0. The molecule has 0 saturated heterocycles. The van der Waals surface area contributed by atoms with Crippen molar-refractivity contribution in [1.82, 2.24) is 9.97 Å². The summed E-state index contributed by atoms with van der Waals surface area (Å²) in [5.74, 6) is 0. The Bertz CT molecular complexity index is 1440.